The standard InChI is InChI=1S/C17H30O/c1-11(2)7-8-12(3)18-17-10-13-9-16(17)15-6-4-5-14(13)15/h11-17H,4-10H2,1-3H3. The molecule has 104 valence electrons. The third-order valence-electron chi connectivity index (χ3n) is 5.93. The zero-order chi connectivity index (χ0) is 12.7. The van der Waals surface area contributed by atoms with Gasteiger partial charge in [0.15, 0.2) is 0 Å². The van der Waals surface area contributed by atoms with Crippen molar-refractivity contribution < 1.29 is 4.74 Å². The number of hydrogen-bond donors (Lipinski definition) is 0. The van der Waals surface area contributed by atoms with E-state index < -0.39 is 0 Å². The van der Waals surface area contributed by atoms with Crippen molar-refractivity contribution in [3.63, 3.8) is 0 Å². The molecule has 3 saturated carbocycles. The first-order valence-electron chi connectivity index (χ1n) is 8.30. The average Bonchev–Trinajstić information content (AvgIpc) is 2.97. The molecule has 3 fully saturated rings. The molecule has 0 aromatic rings. The topological polar surface area (TPSA) is 9.23 Å². The molecular weight excluding hydrogens is 220 g/mol. The van der Waals surface area contributed by atoms with Gasteiger partial charge >= 0.3 is 0 Å². The molecule has 6 atom stereocenters. The van der Waals surface area contributed by atoms with Crippen LogP contribution in [0.2, 0.25) is 0 Å². The van der Waals surface area contributed by atoms with E-state index in [1.165, 1.54) is 44.9 Å². The summed E-state index contributed by atoms with van der Waals surface area (Å²) < 4.78 is 6.40. The van der Waals surface area contributed by atoms with E-state index in [2.05, 4.69) is 20.8 Å². The normalized spacial score (nSPS) is 43.7. The van der Waals surface area contributed by atoms with Gasteiger partial charge in [-0.25, -0.2) is 0 Å². The molecule has 0 heterocycles. The Balaban J connectivity index is 1.50. The Morgan fingerprint density at radius 1 is 0.944 bits per heavy atom. The first-order valence-corrected chi connectivity index (χ1v) is 8.30. The minimum Gasteiger partial charge on any atom is -0.375 e. The van der Waals surface area contributed by atoms with Crippen LogP contribution >= 0.6 is 0 Å². The van der Waals surface area contributed by atoms with Crippen molar-refractivity contribution in [2.75, 3.05) is 0 Å². The zero-order valence-corrected chi connectivity index (χ0v) is 12.4. The van der Waals surface area contributed by atoms with Gasteiger partial charge in [-0.2, -0.15) is 0 Å². The molecule has 0 aliphatic heterocycles. The lowest BCUT2D eigenvalue weighted by Gasteiger charge is -2.33. The van der Waals surface area contributed by atoms with Gasteiger partial charge in [-0.1, -0.05) is 20.3 Å². The minimum atomic E-state index is 0.483. The molecule has 0 saturated heterocycles. The van der Waals surface area contributed by atoms with Crippen LogP contribution in [0.3, 0.4) is 0 Å². The zero-order valence-electron chi connectivity index (χ0n) is 12.4. The lowest BCUT2D eigenvalue weighted by molar-refractivity contribution is -0.0545. The molecular formula is C17H30O. The van der Waals surface area contributed by atoms with E-state index in [-0.39, 0.29) is 0 Å². The van der Waals surface area contributed by atoms with Crippen molar-refractivity contribution in [3.05, 3.63) is 0 Å². The summed E-state index contributed by atoms with van der Waals surface area (Å²) in [5.74, 6) is 4.93. The molecule has 1 nitrogen and oxygen atoms in total. The monoisotopic (exact) mass is 250 g/mol. The highest BCUT2D eigenvalue weighted by Gasteiger charge is 2.54. The summed E-state index contributed by atoms with van der Waals surface area (Å²) >= 11 is 0. The van der Waals surface area contributed by atoms with E-state index in [0.29, 0.717) is 12.2 Å². The quantitative estimate of drug-likeness (QED) is 0.690. The van der Waals surface area contributed by atoms with E-state index >= 15 is 0 Å². The highest BCUT2D eigenvalue weighted by Crippen LogP contribution is 2.59. The Morgan fingerprint density at radius 3 is 2.50 bits per heavy atom. The van der Waals surface area contributed by atoms with E-state index in [1.807, 2.05) is 0 Å². The summed E-state index contributed by atoms with van der Waals surface area (Å²) in [5, 5.41) is 0. The molecule has 0 radical (unpaired) electrons. The lowest BCUT2D eigenvalue weighted by atomic mass is 9.80. The van der Waals surface area contributed by atoms with Gasteiger partial charge in [-0.05, 0) is 75.0 Å². The molecule has 3 rings (SSSR count). The number of ether oxygens (including phenoxy) is 1. The van der Waals surface area contributed by atoms with Crippen molar-refractivity contribution in [3.8, 4) is 0 Å². The van der Waals surface area contributed by atoms with Crippen LogP contribution in [0.15, 0.2) is 0 Å². The van der Waals surface area contributed by atoms with Crippen LogP contribution in [0.25, 0.3) is 0 Å². The highest BCUT2D eigenvalue weighted by molar-refractivity contribution is 5.03. The smallest absolute Gasteiger partial charge is 0.0612 e. The second-order valence-corrected chi connectivity index (χ2v) is 7.61. The summed E-state index contributed by atoms with van der Waals surface area (Å²) in [7, 11) is 0. The largest absolute Gasteiger partial charge is 0.375 e. The van der Waals surface area contributed by atoms with Crippen molar-refractivity contribution in [1.29, 1.82) is 0 Å². The molecule has 3 aliphatic rings. The van der Waals surface area contributed by atoms with E-state index in [4.69, 9.17) is 4.74 Å². The molecule has 0 spiro atoms. The van der Waals surface area contributed by atoms with Crippen LogP contribution in [-0.4, -0.2) is 12.2 Å². The Bertz CT molecular complexity index is 285. The van der Waals surface area contributed by atoms with Crippen LogP contribution in [0, 0.1) is 29.6 Å². The summed E-state index contributed by atoms with van der Waals surface area (Å²) in [6.45, 7) is 6.92. The molecule has 2 bridgehead atoms. The van der Waals surface area contributed by atoms with E-state index in [9.17, 15) is 0 Å². The fraction of sp³-hybridized carbons (Fsp3) is 1.00. The van der Waals surface area contributed by atoms with Crippen LogP contribution in [0.1, 0.15) is 65.7 Å². The second kappa shape index (κ2) is 5.15. The molecule has 0 aromatic heterocycles. The van der Waals surface area contributed by atoms with Gasteiger partial charge in [0.05, 0.1) is 12.2 Å². The van der Waals surface area contributed by atoms with Gasteiger partial charge in [0, 0.05) is 0 Å². The second-order valence-electron chi connectivity index (χ2n) is 7.61. The molecule has 3 aliphatic carbocycles. The molecule has 0 N–H and O–H groups in total. The fourth-order valence-corrected chi connectivity index (χ4v) is 5.10. The number of fused-ring (bicyclic) bond motifs is 5. The van der Waals surface area contributed by atoms with Gasteiger partial charge < -0.3 is 4.74 Å². The number of hydrogen-bond acceptors (Lipinski definition) is 1. The maximum atomic E-state index is 6.40. The lowest BCUT2D eigenvalue weighted by Crippen LogP contribution is -2.32. The van der Waals surface area contributed by atoms with Gasteiger partial charge in [-0.3, -0.25) is 0 Å². The van der Waals surface area contributed by atoms with Gasteiger partial charge in [-0.15, -0.1) is 0 Å². The third-order valence-corrected chi connectivity index (χ3v) is 5.93. The Morgan fingerprint density at radius 2 is 1.72 bits per heavy atom. The molecule has 6 unspecified atom stereocenters. The van der Waals surface area contributed by atoms with Crippen molar-refractivity contribution in [2.45, 2.75) is 77.9 Å². The molecule has 0 amide bonds. The van der Waals surface area contributed by atoms with Crippen LogP contribution in [-0.2, 0) is 4.74 Å². The van der Waals surface area contributed by atoms with Gasteiger partial charge in [0.1, 0.15) is 0 Å². The van der Waals surface area contributed by atoms with Gasteiger partial charge in [0.2, 0.25) is 0 Å². The predicted octanol–water partition coefficient (Wildman–Crippen LogP) is 4.65. The first-order chi connectivity index (χ1) is 8.65. The number of rotatable bonds is 5. The fourth-order valence-electron chi connectivity index (χ4n) is 5.10. The van der Waals surface area contributed by atoms with Crippen molar-refractivity contribution in [1.82, 2.24) is 0 Å². The summed E-state index contributed by atoms with van der Waals surface area (Å²) in [6, 6.07) is 0. The van der Waals surface area contributed by atoms with Crippen molar-refractivity contribution >= 4 is 0 Å². The molecule has 1 heteroatoms. The Kier molecular flexibility index (Phi) is 3.71. The highest BCUT2D eigenvalue weighted by atomic mass is 16.5. The third kappa shape index (κ3) is 2.35. The molecule has 0 aromatic carbocycles. The van der Waals surface area contributed by atoms with Crippen LogP contribution in [0.4, 0.5) is 0 Å². The van der Waals surface area contributed by atoms with E-state index in [0.717, 1.165) is 29.6 Å². The SMILES string of the molecule is CC(C)CCC(C)OC1CC2CC1C1CCCC21. The minimum absolute atomic E-state index is 0.483. The van der Waals surface area contributed by atoms with Crippen LogP contribution in [0.5, 0.6) is 0 Å². The molecule has 18 heavy (non-hydrogen) atoms. The Labute approximate surface area is 113 Å². The Hall–Kier alpha value is -0.0400. The summed E-state index contributed by atoms with van der Waals surface area (Å²) in [5.41, 5.74) is 0. The van der Waals surface area contributed by atoms with Gasteiger partial charge in [0.25, 0.3) is 0 Å². The maximum Gasteiger partial charge on any atom is 0.0612 e. The first kappa shape index (κ1) is 13.0. The maximum absolute atomic E-state index is 6.40. The summed E-state index contributed by atoms with van der Waals surface area (Å²) in [4.78, 5) is 0. The summed E-state index contributed by atoms with van der Waals surface area (Å²) in [6.07, 6.45) is 11.1. The van der Waals surface area contributed by atoms with E-state index in [1.54, 1.807) is 0 Å². The predicted molar refractivity (Wildman–Crippen MR) is 75.5 cm³/mol. The van der Waals surface area contributed by atoms with Crippen molar-refractivity contribution in [2.24, 2.45) is 29.6 Å². The van der Waals surface area contributed by atoms with Crippen LogP contribution < -0.4 is 0 Å². The average molecular weight is 250 g/mol.